The van der Waals surface area contributed by atoms with Gasteiger partial charge in [0.2, 0.25) is 5.75 Å². The zero-order chi connectivity index (χ0) is 23.1. The lowest BCUT2D eigenvalue weighted by Gasteiger charge is -2.13. The number of hydrogen-bond donors (Lipinski definition) is 1. The van der Waals surface area contributed by atoms with Gasteiger partial charge in [-0.1, -0.05) is 11.6 Å². The number of ether oxygens (including phenoxy) is 2. The van der Waals surface area contributed by atoms with Gasteiger partial charge in [-0.2, -0.15) is 13.5 Å². The molecule has 1 heterocycles. The van der Waals surface area contributed by atoms with Crippen LogP contribution in [0, 0.1) is 0 Å². The molecule has 3 rings (SSSR count). The number of carbonyl (C=O) groups excluding carboxylic acids is 1. The van der Waals surface area contributed by atoms with E-state index >= 15 is 0 Å². The molecule has 1 N–H and O–H groups in total. The molecule has 0 saturated heterocycles. The number of carbonyl (C=O) groups is 1. The lowest BCUT2D eigenvalue weighted by atomic mass is 10.2. The van der Waals surface area contributed by atoms with Crippen molar-refractivity contribution in [1.82, 2.24) is 10.4 Å². The Balaban J connectivity index is 1.79. The Morgan fingerprint density at radius 3 is 2.38 bits per heavy atom. The number of methoxy groups -OCH3 is 2. The Morgan fingerprint density at radius 2 is 1.75 bits per heavy atom. The van der Waals surface area contributed by atoms with E-state index in [4.69, 9.17) is 25.3 Å². The summed E-state index contributed by atoms with van der Waals surface area (Å²) in [7, 11) is -1.37. The number of benzene rings is 2. The molecule has 0 spiro atoms. The summed E-state index contributed by atoms with van der Waals surface area (Å²) in [4.78, 5) is 15.8. The van der Waals surface area contributed by atoms with E-state index in [9.17, 15) is 13.2 Å². The normalized spacial score (nSPS) is 11.2. The Hall–Kier alpha value is -3.63. The highest BCUT2D eigenvalue weighted by atomic mass is 35.5. The average molecular weight is 476 g/mol. The van der Waals surface area contributed by atoms with E-state index in [2.05, 4.69) is 15.5 Å². The predicted molar refractivity (Wildman–Crippen MR) is 118 cm³/mol. The fraction of sp³-hybridized carbons (Fsp3) is 0.0952. The van der Waals surface area contributed by atoms with Crippen LogP contribution < -0.4 is 19.1 Å². The molecule has 0 aliphatic rings. The third kappa shape index (κ3) is 5.54. The number of nitrogens with zero attached hydrogens (tertiary/aromatic N) is 2. The fourth-order valence-electron chi connectivity index (χ4n) is 2.53. The Kier molecular flexibility index (Phi) is 7.29. The standard InChI is InChI=1S/C21H18ClN3O6S/c1-29-16-3-5-17(6-4-16)32(27,28)31-20-18(22)11-14(12-19(20)30-2)13-24-25-21(26)15-7-9-23-10-8-15/h3-13H,1-2H3,(H,25,26)/b24-13+. The summed E-state index contributed by atoms with van der Waals surface area (Å²) in [6.07, 6.45) is 4.30. The lowest BCUT2D eigenvalue weighted by Crippen LogP contribution is -2.17. The van der Waals surface area contributed by atoms with Crippen molar-refractivity contribution in [3.63, 3.8) is 0 Å². The van der Waals surface area contributed by atoms with Gasteiger partial charge < -0.3 is 13.7 Å². The number of hydrazone groups is 1. The van der Waals surface area contributed by atoms with Crippen molar-refractivity contribution in [1.29, 1.82) is 0 Å². The van der Waals surface area contributed by atoms with Crippen molar-refractivity contribution in [3.05, 3.63) is 77.1 Å². The lowest BCUT2D eigenvalue weighted by molar-refractivity contribution is 0.0955. The van der Waals surface area contributed by atoms with Crippen molar-refractivity contribution in [2.75, 3.05) is 14.2 Å². The third-order valence-electron chi connectivity index (χ3n) is 4.12. The molecule has 32 heavy (non-hydrogen) atoms. The first-order valence-corrected chi connectivity index (χ1v) is 10.8. The van der Waals surface area contributed by atoms with Crippen molar-refractivity contribution >= 4 is 33.8 Å². The van der Waals surface area contributed by atoms with Crippen LogP contribution in [0.4, 0.5) is 0 Å². The second-order valence-electron chi connectivity index (χ2n) is 6.18. The highest BCUT2D eigenvalue weighted by molar-refractivity contribution is 7.87. The molecule has 1 amide bonds. The second kappa shape index (κ2) is 10.1. The van der Waals surface area contributed by atoms with E-state index in [1.807, 2.05) is 0 Å². The molecule has 1 aromatic heterocycles. The summed E-state index contributed by atoms with van der Waals surface area (Å²) in [5.74, 6) is -0.0362. The van der Waals surface area contributed by atoms with Crippen LogP contribution in [0.3, 0.4) is 0 Å². The van der Waals surface area contributed by atoms with Crippen molar-refractivity contribution in [2.24, 2.45) is 5.10 Å². The fourth-order valence-corrected chi connectivity index (χ4v) is 3.79. The van der Waals surface area contributed by atoms with Crippen LogP contribution in [0.2, 0.25) is 5.02 Å². The number of amides is 1. The summed E-state index contributed by atoms with van der Waals surface area (Å²) in [5, 5.41) is 3.85. The third-order valence-corrected chi connectivity index (χ3v) is 5.63. The maximum absolute atomic E-state index is 12.6. The van der Waals surface area contributed by atoms with Gasteiger partial charge in [0.15, 0.2) is 5.75 Å². The molecule has 0 saturated carbocycles. The van der Waals surface area contributed by atoms with Gasteiger partial charge in [-0.15, -0.1) is 0 Å². The molecule has 0 aliphatic heterocycles. The smallest absolute Gasteiger partial charge is 0.339 e. The van der Waals surface area contributed by atoms with Gasteiger partial charge in [-0.05, 0) is 54.1 Å². The van der Waals surface area contributed by atoms with Crippen molar-refractivity contribution in [3.8, 4) is 17.2 Å². The number of nitrogens with one attached hydrogen (secondary N) is 1. The zero-order valence-electron chi connectivity index (χ0n) is 17.0. The molecule has 0 bridgehead atoms. The summed E-state index contributed by atoms with van der Waals surface area (Å²) in [6.45, 7) is 0. The van der Waals surface area contributed by atoms with Crippen LogP contribution in [0.25, 0.3) is 0 Å². The van der Waals surface area contributed by atoms with E-state index in [1.54, 1.807) is 12.1 Å². The summed E-state index contributed by atoms with van der Waals surface area (Å²) in [6, 6.07) is 11.7. The Morgan fingerprint density at radius 1 is 1.06 bits per heavy atom. The molecule has 0 aliphatic carbocycles. The van der Waals surface area contributed by atoms with E-state index in [0.717, 1.165) is 0 Å². The highest BCUT2D eigenvalue weighted by Gasteiger charge is 2.22. The monoisotopic (exact) mass is 475 g/mol. The maximum Gasteiger partial charge on any atom is 0.339 e. The van der Waals surface area contributed by atoms with Crippen LogP contribution in [0.1, 0.15) is 15.9 Å². The van der Waals surface area contributed by atoms with Gasteiger partial charge in [0.05, 0.1) is 25.5 Å². The minimum absolute atomic E-state index is 0.0247. The van der Waals surface area contributed by atoms with Gasteiger partial charge in [0, 0.05) is 18.0 Å². The van der Waals surface area contributed by atoms with E-state index in [-0.39, 0.29) is 21.4 Å². The molecule has 0 fully saturated rings. The van der Waals surface area contributed by atoms with Gasteiger partial charge in [0.25, 0.3) is 5.91 Å². The molecule has 166 valence electrons. The topological polar surface area (TPSA) is 116 Å². The number of pyridine rings is 1. The van der Waals surface area contributed by atoms with Gasteiger partial charge >= 0.3 is 10.1 Å². The first-order valence-electron chi connectivity index (χ1n) is 9.03. The molecule has 0 radical (unpaired) electrons. The van der Waals surface area contributed by atoms with Crippen LogP contribution in [-0.4, -0.2) is 39.7 Å². The molecular formula is C21H18ClN3O6S. The maximum atomic E-state index is 12.6. The van der Waals surface area contributed by atoms with E-state index in [0.29, 0.717) is 16.9 Å². The molecular weight excluding hydrogens is 458 g/mol. The number of halogens is 1. The van der Waals surface area contributed by atoms with E-state index < -0.39 is 16.0 Å². The first kappa shape index (κ1) is 23.0. The molecule has 11 heteroatoms. The van der Waals surface area contributed by atoms with Crippen LogP contribution in [0.15, 0.2) is 70.9 Å². The van der Waals surface area contributed by atoms with Gasteiger partial charge in [-0.3, -0.25) is 9.78 Å². The number of hydrogen-bond acceptors (Lipinski definition) is 8. The quantitative estimate of drug-likeness (QED) is 0.302. The minimum Gasteiger partial charge on any atom is -0.497 e. The summed E-state index contributed by atoms with van der Waals surface area (Å²) < 4.78 is 40.7. The second-order valence-corrected chi connectivity index (χ2v) is 8.14. The average Bonchev–Trinajstić information content (AvgIpc) is 2.81. The molecule has 0 unspecified atom stereocenters. The van der Waals surface area contributed by atoms with Gasteiger partial charge in [-0.25, -0.2) is 5.43 Å². The molecule has 9 nitrogen and oxygen atoms in total. The predicted octanol–water partition coefficient (Wildman–Crippen LogP) is 3.28. The molecule has 2 aromatic carbocycles. The first-order chi connectivity index (χ1) is 15.3. The van der Waals surface area contributed by atoms with Crippen molar-refractivity contribution < 1.29 is 26.9 Å². The van der Waals surface area contributed by atoms with Gasteiger partial charge in [0.1, 0.15) is 10.6 Å². The van der Waals surface area contributed by atoms with E-state index in [1.165, 1.54) is 69.2 Å². The molecule has 0 atom stereocenters. The SMILES string of the molecule is COc1ccc(S(=O)(=O)Oc2c(Cl)cc(/C=N/NC(=O)c3ccncc3)cc2OC)cc1. The highest BCUT2D eigenvalue weighted by Crippen LogP contribution is 2.38. The summed E-state index contributed by atoms with van der Waals surface area (Å²) in [5.41, 5.74) is 3.20. The van der Waals surface area contributed by atoms with Crippen LogP contribution in [0.5, 0.6) is 17.2 Å². The minimum atomic E-state index is -4.18. The number of rotatable bonds is 8. The largest absolute Gasteiger partial charge is 0.497 e. The zero-order valence-corrected chi connectivity index (χ0v) is 18.6. The molecule has 3 aromatic rings. The Bertz CT molecular complexity index is 1230. The Labute approximate surface area is 189 Å². The summed E-state index contributed by atoms with van der Waals surface area (Å²) >= 11 is 6.25. The number of aromatic nitrogens is 1. The van der Waals surface area contributed by atoms with Crippen molar-refractivity contribution in [2.45, 2.75) is 4.90 Å². The van der Waals surface area contributed by atoms with Crippen LogP contribution in [-0.2, 0) is 10.1 Å². The van der Waals surface area contributed by atoms with Crippen LogP contribution >= 0.6 is 11.6 Å².